The Morgan fingerprint density at radius 1 is 1.86 bits per heavy atom. The molecule has 0 fully saturated rings. The molecule has 0 heterocycles. The lowest BCUT2D eigenvalue weighted by atomic mass is 10.6. The first-order valence-electron chi connectivity index (χ1n) is 1.72. The monoisotopic (exact) mass is 124 g/mol. The molecule has 1 amide bonds. The van der Waals surface area contributed by atoms with Crippen LogP contribution in [0.4, 0.5) is 0 Å². The van der Waals surface area contributed by atoms with E-state index in [0.29, 0.717) is 6.41 Å². The summed E-state index contributed by atoms with van der Waals surface area (Å²) in [5.41, 5.74) is 5.06. The molecule has 1 atom stereocenters. The highest BCUT2D eigenvalue weighted by Gasteiger charge is 1.80. The minimum atomic E-state index is -0.220. The number of carbonyl (C=O) groups excluding carboxylic acids is 1. The lowest BCUT2D eigenvalue weighted by molar-refractivity contribution is -0.110. The third kappa shape index (κ3) is 10.7. The summed E-state index contributed by atoms with van der Waals surface area (Å²) in [6, 6.07) is 0. The Labute approximate surface area is 48.7 Å². The van der Waals surface area contributed by atoms with Crippen LogP contribution in [-0.4, -0.2) is 12.6 Å². The van der Waals surface area contributed by atoms with Gasteiger partial charge in [-0.05, 0) is 6.92 Å². The largest absolute Gasteiger partial charge is 0.344 e. The number of amides is 1. The second kappa shape index (κ2) is 5.72. The molecule has 7 heavy (non-hydrogen) atoms. The van der Waals surface area contributed by atoms with E-state index >= 15 is 0 Å². The van der Waals surface area contributed by atoms with Gasteiger partial charge in [0.25, 0.3) is 0 Å². The zero-order chi connectivity index (χ0) is 4.99. The molecule has 0 spiro atoms. The molecule has 0 saturated carbocycles. The van der Waals surface area contributed by atoms with E-state index in [2.05, 4.69) is 5.32 Å². The lowest BCUT2D eigenvalue weighted by Crippen LogP contribution is -2.32. The van der Waals surface area contributed by atoms with E-state index in [1.54, 1.807) is 6.92 Å². The number of nitrogens with one attached hydrogen (secondary N) is 1. The summed E-state index contributed by atoms with van der Waals surface area (Å²) in [5.74, 6) is 0. The Hall–Kier alpha value is -0.280. The molecule has 0 aliphatic heterocycles. The molecule has 0 aromatic heterocycles. The van der Waals surface area contributed by atoms with Gasteiger partial charge in [-0.25, -0.2) is 0 Å². The molecule has 0 rings (SSSR count). The standard InChI is InChI=1S/C3H8N2O.ClH/c1-3(4)5-2-6;/h2-3H,4H2,1H3,(H,5,6);1H. The Morgan fingerprint density at radius 3 is 2.29 bits per heavy atom. The maximum atomic E-state index is 9.42. The summed E-state index contributed by atoms with van der Waals surface area (Å²) in [6.45, 7) is 1.69. The van der Waals surface area contributed by atoms with E-state index in [4.69, 9.17) is 5.73 Å². The van der Waals surface area contributed by atoms with Gasteiger partial charge in [-0.2, -0.15) is 0 Å². The Kier molecular flexibility index (Phi) is 8.06. The van der Waals surface area contributed by atoms with Crippen LogP contribution in [0.5, 0.6) is 0 Å². The zero-order valence-electron chi connectivity index (χ0n) is 4.05. The van der Waals surface area contributed by atoms with Gasteiger partial charge in [0.05, 0.1) is 6.17 Å². The molecule has 3 nitrogen and oxygen atoms in total. The number of carbonyl (C=O) groups is 1. The van der Waals surface area contributed by atoms with Crippen molar-refractivity contribution >= 4 is 18.8 Å². The van der Waals surface area contributed by atoms with Gasteiger partial charge < -0.3 is 11.1 Å². The maximum absolute atomic E-state index is 9.42. The van der Waals surface area contributed by atoms with Gasteiger partial charge in [0.15, 0.2) is 0 Å². The summed E-state index contributed by atoms with van der Waals surface area (Å²) < 4.78 is 0. The minimum Gasteiger partial charge on any atom is -0.344 e. The number of hydrogen-bond acceptors (Lipinski definition) is 2. The number of halogens is 1. The third-order valence-electron chi connectivity index (χ3n) is 0.331. The molecule has 0 aromatic carbocycles. The molecule has 0 bridgehead atoms. The molecule has 4 heteroatoms. The van der Waals surface area contributed by atoms with Crippen LogP contribution in [0, 0.1) is 0 Å². The van der Waals surface area contributed by atoms with Crippen molar-refractivity contribution in [2.75, 3.05) is 0 Å². The van der Waals surface area contributed by atoms with Crippen LogP contribution in [0.1, 0.15) is 6.92 Å². The first-order chi connectivity index (χ1) is 2.77. The van der Waals surface area contributed by atoms with Crippen LogP contribution < -0.4 is 11.1 Å². The summed E-state index contributed by atoms with van der Waals surface area (Å²) in [4.78, 5) is 9.42. The molecule has 3 N–H and O–H groups in total. The quantitative estimate of drug-likeness (QED) is 0.384. The third-order valence-corrected chi connectivity index (χ3v) is 0.331. The van der Waals surface area contributed by atoms with E-state index in [0.717, 1.165) is 0 Å². The van der Waals surface area contributed by atoms with E-state index in [9.17, 15) is 4.79 Å². The fourth-order valence-corrected chi connectivity index (χ4v) is 0.107. The van der Waals surface area contributed by atoms with Crippen LogP contribution in [0.3, 0.4) is 0 Å². The van der Waals surface area contributed by atoms with Gasteiger partial charge in [-0.15, -0.1) is 12.4 Å². The van der Waals surface area contributed by atoms with Crippen LogP contribution in [0.2, 0.25) is 0 Å². The predicted molar refractivity (Wildman–Crippen MR) is 30.1 cm³/mol. The topological polar surface area (TPSA) is 55.1 Å². The average Bonchev–Trinajstić information content (AvgIpc) is 1.35. The predicted octanol–water partition coefficient (Wildman–Crippen LogP) is -0.541. The van der Waals surface area contributed by atoms with Gasteiger partial charge in [0, 0.05) is 0 Å². The normalized spacial score (nSPS) is 11.1. The Balaban J connectivity index is 0. The molecule has 0 aromatic rings. The van der Waals surface area contributed by atoms with Crippen molar-refractivity contribution in [1.29, 1.82) is 0 Å². The highest BCUT2D eigenvalue weighted by Crippen LogP contribution is 1.54. The molecule has 0 saturated heterocycles. The number of nitrogens with two attached hydrogens (primary N) is 1. The van der Waals surface area contributed by atoms with Crippen molar-refractivity contribution < 1.29 is 4.79 Å². The first kappa shape index (κ1) is 9.87. The van der Waals surface area contributed by atoms with Crippen molar-refractivity contribution in [2.24, 2.45) is 5.73 Å². The van der Waals surface area contributed by atoms with Crippen molar-refractivity contribution in [1.82, 2.24) is 5.32 Å². The second-order valence-electron chi connectivity index (χ2n) is 1.07. The van der Waals surface area contributed by atoms with Gasteiger partial charge >= 0.3 is 0 Å². The first-order valence-corrected chi connectivity index (χ1v) is 1.72. The summed E-state index contributed by atoms with van der Waals surface area (Å²) in [5, 5.41) is 2.31. The van der Waals surface area contributed by atoms with Crippen molar-refractivity contribution in [3.05, 3.63) is 0 Å². The Morgan fingerprint density at radius 2 is 2.29 bits per heavy atom. The van der Waals surface area contributed by atoms with E-state index < -0.39 is 0 Å². The number of hydrogen-bond donors (Lipinski definition) is 2. The lowest BCUT2D eigenvalue weighted by Gasteiger charge is -1.96. The van der Waals surface area contributed by atoms with Crippen LogP contribution >= 0.6 is 12.4 Å². The fourth-order valence-electron chi connectivity index (χ4n) is 0.107. The molecular formula is C3H9ClN2O. The van der Waals surface area contributed by atoms with Crippen LogP contribution in [-0.2, 0) is 4.79 Å². The van der Waals surface area contributed by atoms with Gasteiger partial charge in [0.1, 0.15) is 0 Å². The van der Waals surface area contributed by atoms with E-state index in [-0.39, 0.29) is 18.6 Å². The van der Waals surface area contributed by atoms with Crippen molar-refractivity contribution in [3.8, 4) is 0 Å². The Bertz CT molecular complexity index is 48.2. The maximum Gasteiger partial charge on any atom is 0.208 e. The summed E-state index contributed by atoms with van der Waals surface area (Å²) in [6.07, 6.45) is 0.354. The molecular weight excluding hydrogens is 115 g/mol. The fraction of sp³-hybridized carbons (Fsp3) is 0.667. The number of rotatable bonds is 2. The zero-order valence-corrected chi connectivity index (χ0v) is 4.87. The average molecular weight is 125 g/mol. The molecule has 1 unspecified atom stereocenters. The second-order valence-corrected chi connectivity index (χ2v) is 1.07. The van der Waals surface area contributed by atoms with Crippen molar-refractivity contribution in [2.45, 2.75) is 13.1 Å². The SMILES string of the molecule is CC(N)NC=O.Cl. The molecule has 44 valence electrons. The molecule has 0 radical (unpaired) electrons. The minimum absolute atomic E-state index is 0. The van der Waals surface area contributed by atoms with Crippen LogP contribution in [0.15, 0.2) is 0 Å². The van der Waals surface area contributed by atoms with Gasteiger partial charge in [-0.1, -0.05) is 0 Å². The van der Waals surface area contributed by atoms with Gasteiger partial charge in [-0.3, -0.25) is 4.79 Å². The van der Waals surface area contributed by atoms with Crippen LogP contribution in [0.25, 0.3) is 0 Å². The summed E-state index contributed by atoms with van der Waals surface area (Å²) >= 11 is 0. The van der Waals surface area contributed by atoms with Crippen molar-refractivity contribution in [3.63, 3.8) is 0 Å². The van der Waals surface area contributed by atoms with Gasteiger partial charge in [0.2, 0.25) is 6.41 Å². The summed E-state index contributed by atoms with van der Waals surface area (Å²) in [7, 11) is 0. The molecule has 0 aliphatic carbocycles. The van der Waals surface area contributed by atoms with E-state index in [1.807, 2.05) is 0 Å². The van der Waals surface area contributed by atoms with E-state index in [1.165, 1.54) is 0 Å². The highest BCUT2D eigenvalue weighted by molar-refractivity contribution is 5.85. The smallest absolute Gasteiger partial charge is 0.208 e. The highest BCUT2D eigenvalue weighted by atomic mass is 35.5. The molecule has 0 aliphatic rings.